The molecule has 0 atom stereocenters. The van der Waals surface area contributed by atoms with E-state index in [-0.39, 0.29) is 17.2 Å². The van der Waals surface area contributed by atoms with Crippen LogP contribution in [0.25, 0.3) is 0 Å². The molecule has 1 fully saturated rings. The zero-order valence-electron chi connectivity index (χ0n) is 16.2. The van der Waals surface area contributed by atoms with Crippen LogP contribution in [0.15, 0.2) is 27.6 Å². The molecule has 1 saturated heterocycles. The van der Waals surface area contributed by atoms with E-state index < -0.39 is 15.4 Å². The zero-order valence-corrected chi connectivity index (χ0v) is 17.0. The first kappa shape index (κ1) is 19.9. The summed E-state index contributed by atoms with van der Waals surface area (Å²) in [5.41, 5.74) is 2.07. The van der Waals surface area contributed by atoms with Crippen LogP contribution in [0.5, 0.6) is 5.75 Å². The maximum absolute atomic E-state index is 12.9. The lowest BCUT2D eigenvalue weighted by Crippen LogP contribution is -2.45. The van der Waals surface area contributed by atoms with Gasteiger partial charge in [0.2, 0.25) is 10.0 Å². The van der Waals surface area contributed by atoms with Crippen molar-refractivity contribution in [3.63, 3.8) is 0 Å². The Hall–Kier alpha value is -1.90. The maximum Gasteiger partial charge on any atom is 0.245 e. The molecule has 0 bridgehead atoms. The summed E-state index contributed by atoms with van der Waals surface area (Å²) in [7, 11) is -2.11. The summed E-state index contributed by atoms with van der Waals surface area (Å²) in [5, 5.41) is 3.76. The van der Waals surface area contributed by atoms with Crippen LogP contribution >= 0.6 is 0 Å². The zero-order chi connectivity index (χ0) is 19.7. The summed E-state index contributed by atoms with van der Waals surface area (Å²) in [6.45, 7) is 6.64. The van der Waals surface area contributed by atoms with Gasteiger partial charge in [0.15, 0.2) is 5.76 Å². The van der Waals surface area contributed by atoms with Crippen molar-refractivity contribution >= 4 is 10.0 Å². The molecule has 148 valence electrons. The number of rotatable bonds is 6. The van der Waals surface area contributed by atoms with Gasteiger partial charge in [-0.25, -0.2) is 13.1 Å². The molecule has 2 aromatic rings. The highest BCUT2D eigenvalue weighted by molar-refractivity contribution is 7.89. The summed E-state index contributed by atoms with van der Waals surface area (Å²) >= 11 is 0. The molecule has 0 amide bonds. The van der Waals surface area contributed by atoms with E-state index in [4.69, 9.17) is 14.0 Å². The molecule has 1 aliphatic rings. The molecule has 0 unspecified atom stereocenters. The van der Waals surface area contributed by atoms with Gasteiger partial charge in [0.1, 0.15) is 16.3 Å². The Morgan fingerprint density at radius 1 is 1.22 bits per heavy atom. The van der Waals surface area contributed by atoms with Crippen molar-refractivity contribution in [2.24, 2.45) is 0 Å². The molecule has 0 spiro atoms. The number of nitrogens with one attached hydrogen (secondary N) is 1. The quantitative estimate of drug-likeness (QED) is 0.810. The number of nitrogens with zero attached hydrogens (tertiary/aromatic N) is 1. The monoisotopic (exact) mass is 394 g/mol. The molecule has 1 aliphatic heterocycles. The topological polar surface area (TPSA) is 90.7 Å². The second kappa shape index (κ2) is 7.61. The van der Waals surface area contributed by atoms with Gasteiger partial charge in [-0.1, -0.05) is 22.9 Å². The van der Waals surface area contributed by atoms with Crippen molar-refractivity contribution in [2.75, 3.05) is 26.9 Å². The van der Waals surface area contributed by atoms with Crippen molar-refractivity contribution in [3.8, 4) is 5.75 Å². The van der Waals surface area contributed by atoms with Gasteiger partial charge in [0, 0.05) is 30.7 Å². The van der Waals surface area contributed by atoms with Crippen LogP contribution < -0.4 is 9.46 Å². The summed E-state index contributed by atoms with van der Waals surface area (Å²) in [4.78, 5) is 0.112. The molecule has 1 aromatic heterocycles. The van der Waals surface area contributed by atoms with Crippen LogP contribution in [-0.2, 0) is 20.2 Å². The van der Waals surface area contributed by atoms with Gasteiger partial charge in [-0.2, -0.15) is 0 Å². The fourth-order valence-electron chi connectivity index (χ4n) is 3.70. The number of benzene rings is 1. The first-order valence-electron chi connectivity index (χ1n) is 8.94. The normalized spacial score (nSPS) is 17.0. The molecule has 2 heterocycles. The highest BCUT2D eigenvalue weighted by Gasteiger charge is 2.38. The molecule has 7 nitrogen and oxygen atoms in total. The van der Waals surface area contributed by atoms with E-state index >= 15 is 0 Å². The average Bonchev–Trinajstić information content (AvgIpc) is 3.00. The van der Waals surface area contributed by atoms with E-state index in [1.54, 1.807) is 21.0 Å². The van der Waals surface area contributed by atoms with Gasteiger partial charge in [-0.15, -0.1) is 0 Å². The summed E-state index contributed by atoms with van der Waals surface area (Å²) in [6.07, 6.45) is 1.41. The van der Waals surface area contributed by atoms with E-state index in [0.717, 1.165) is 16.9 Å². The number of ether oxygens (including phenoxy) is 2. The Morgan fingerprint density at radius 3 is 2.52 bits per heavy atom. The van der Waals surface area contributed by atoms with Crippen molar-refractivity contribution < 1.29 is 22.4 Å². The third-order valence-electron chi connectivity index (χ3n) is 5.21. The lowest BCUT2D eigenvalue weighted by Gasteiger charge is -2.38. The Balaban J connectivity index is 1.96. The predicted octanol–water partition coefficient (Wildman–Crippen LogP) is 2.64. The van der Waals surface area contributed by atoms with E-state index in [9.17, 15) is 8.42 Å². The Labute approximate surface area is 160 Å². The molecular weight excluding hydrogens is 368 g/mol. The van der Waals surface area contributed by atoms with Gasteiger partial charge in [0.25, 0.3) is 0 Å². The van der Waals surface area contributed by atoms with E-state index in [1.165, 1.54) is 0 Å². The molecule has 8 heteroatoms. The number of aromatic nitrogens is 1. The van der Waals surface area contributed by atoms with E-state index in [0.29, 0.717) is 31.7 Å². The molecule has 0 aliphatic carbocycles. The minimum Gasteiger partial charge on any atom is -0.496 e. The molecule has 0 saturated carbocycles. The summed E-state index contributed by atoms with van der Waals surface area (Å²) in [5.74, 6) is 1.05. The van der Waals surface area contributed by atoms with E-state index in [1.807, 2.05) is 19.1 Å². The van der Waals surface area contributed by atoms with Crippen molar-refractivity contribution in [1.29, 1.82) is 0 Å². The number of hydrogen-bond donors (Lipinski definition) is 1. The predicted molar refractivity (Wildman–Crippen MR) is 101 cm³/mol. The summed E-state index contributed by atoms with van der Waals surface area (Å²) < 4.78 is 44.7. The second-order valence-corrected chi connectivity index (χ2v) is 8.78. The van der Waals surface area contributed by atoms with Crippen LogP contribution in [0.1, 0.15) is 35.4 Å². The number of hydrogen-bond acceptors (Lipinski definition) is 6. The fraction of sp³-hybridized carbons (Fsp3) is 0.526. The van der Waals surface area contributed by atoms with Crippen molar-refractivity contribution in [1.82, 2.24) is 9.88 Å². The Morgan fingerprint density at radius 2 is 1.93 bits per heavy atom. The van der Waals surface area contributed by atoms with Crippen LogP contribution in [0.4, 0.5) is 0 Å². The first-order valence-corrected chi connectivity index (χ1v) is 10.4. The number of methoxy groups -OCH3 is 1. The van der Waals surface area contributed by atoms with Crippen LogP contribution in [0.2, 0.25) is 0 Å². The molecule has 1 N–H and O–H groups in total. The molecule has 1 aromatic carbocycles. The molecule has 0 radical (unpaired) electrons. The SMILES string of the molecule is COc1ccc(C)cc1C1(CNS(=O)(=O)c2c(C)noc2C)CCOCC1. The number of aryl methyl sites for hydroxylation is 3. The molecule has 27 heavy (non-hydrogen) atoms. The Kier molecular flexibility index (Phi) is 5.60. The third-order valence-corrected chi connectivity index (χ3v) is 6.86. The van der Waals surface area contributed by atoms with Crippen LogP contribution in [-0.4, -0.2) is 40.4 Å². The second-order valence-electron chi connectivity index (χ2n) is 7.07. The third kappa shape index (κ3) is 3.88. The Bertz CT molecular complexity index is 895. The van der Waals surface area contributed by atoms with Gasteiger partial charge in [-0.3, -0.25) is 0 Å². The van der Waals surface area contributed by atoms with Gasteiger partial charge < -0.3 is 14.0 Å². The molecular formula is C19H26N2O5S. The lowest BCUT2D eigenvalue weighted by molar-refractivity contribution is 0.0508. The first-order chi connectivity index (χ1) is 12.8. The van der Waals surface area contributed by atoms with Gasteiger partial charge >= 0.3 is 0 Å². The largest absolute Gasteiger partial charge is 0.496 e. The van der Waals surface area contributed by atoms with Crippen LogP contribution in [0, 0.1) is 20.8 Å². The fourth-order valence-corrected chi connectivity index (χ4v) is 5.16. The standard InChI is InChI=1S/C19H26N2O5S/c1-13-5-6-17(24-4)16(11-13)19(7-9-25-10-8-19)12-20-27(22,23)18-14(2)21-26-15(18)3/h5-6,11,20H,7-10,12H2,1-4H3. The van der Waals surface area contributed by atoms with Crippen molar-refractivity contribution in [2.45, 2.75) is 43.9 Å². The number of sulfonamides is 1. The minimum absolute atomic E-state index is 0.112. The van der Waals surface area contributed by atoms with Gasteiger partial charge in [0.05, 0.1) is 7.11 Å². The van der Waals surface area contributed by atoms with Gasteiger partial charge in [-0.05, 0) is 39.7 Å². The highest BCUT2D eigenvalue weighted by atomic mass is 32.2. The highest BCUT2D eigenvalue weighted by Crippen LogP contribution is 2.40. The summed E-state index contributed by atoms with van der Waals surface area (Å²) in [6, 6.07) is 6.00. The van der Waals surface area contributed by atoms with Crippen LogP contribution in [0.3, 0.4) is 0 Å². The lowest BCUT2D eigenvalue weighted by atomic mass is 9.73. The minimum atomic E-state index is -3.74. The smallest absolute Gasteiger partial charge is 0.245 e. The average molecular weight is 394 g/mol. The van der Waals surface area contributed by atoms with Crippen molar-refractivity contribution in [3.05, 3.63) is 40.8 Å². The maximum atomic E-state index is 12.9. The molecule has 3 rings (SSSR count). The van der Waals surface area contributed by atoms with E-state index in [2.05, 4.69) is 15.9 Å².